The zero-order valence-electron chi connectivity index (χ0n) is 32.7. The van der Waals surface area contributed by atoms with Gasteiger partial charge in [0, 0.05) is 94.0 Å². The summed E-state index contributed by atoms with van der Waals surface area (Å²) in [5.74, 6) is -0.482. The molecule has 0 aliphatic carbocycles. The third-order valence-electron chi connectivity index (χ3n) is 11.1. The number of aromatic nitrogens is 3. The first-order chi connectivity index (χ1) is 26.8. The Kier molecular flexibility index (Phi) is 12.2. The van der Waals surface area contributed by atoms with Gasteiger partial charge in [0.1, 0.15) is 0 Å². The molecule has 0 spiro atoms. The number of fused-ring (bicyclic) bond motifs is 1. The summed E-state index contributed by atoms with van der Waals surface area (Å²) in [6, 6.07) is 22.2. The number of aryl methyl sites for hydroxylation is 2. The molecule has 3 N–H and O–H groups in total. The number of anilines is 1. The van der Waals surface area contributed by atoms with Crippen LogP contribution in [0.2, 0.25) is 0 Å². The topological polar surface area (TPSA) is 117 Å². The lowest BCUT2D eigenvalue weighted by Crippen LogP contribution is -2.43. The second kappa shape index (κ2) is 17.6. The number of hydrogen-bond donors (Lipinski definition) is 3. The summed E-state index contributed by atoms with van der Waals surface area (Å²) in [6.07, 6.45) is 4.39. The minimum absolute atomic E-state index is 0.229. The van der Waals surface area contributed by atoms with Crippen molar-refractivity contribution in [3.63, 3.8) is 0 Å². The summed E-state index contributed by atoms with van der Waals surface area (Å²) in [4.78, 5) is 37.0. The van der Waals surface area contributed by atoms with Gasteiger partial charge < -0.3 is 25.6 Å². The first-order valence-corrected chi connectivity index (χ1v) is 19.8. The molecule has 2 aliphatic rings. The van der Waals surface area contributed by atoms with E-state index in [4.69, 9.17) is 9.72 Å². The van der Waals surface area contributed by atoms with Gasteiger partial charge in [-0.1, -0.05) is 49.4 Å². The molecular weight excluding hydrogens is 689 g/mol. The van der Waals surface area contributed by atoms with Gasteiger partial charge in [0.15, 0.2) is 5.65 Å². The van der Waals surface area contributed by atoms with Crippen molar-refractivity contribution in [2.45, 2.75) is 72.3 Å². The van der Waals surface area contributed by atoms with Crippen LogP contribution in [-0.4, -0.2) is 88.9 Å². The molecule has 2 fully saturated rings. The monoisotopic (exact) mass is 742 g/mol. The first kappa shape index (κ1) is 38.2. The van der Waals surface area contributed by atoms with Gasteiger partial charge in [-0.05, 0) is 92.2 Å². The van der Waals surface area contributed by atoms with Crippen LogP contribution in [0.5, 0.6) is 0 Å². The van der Waals surface area contributed by atoms with Crippen LogP contribution in [-0.2, 0) is 37.3 Å². The number of rotatable bonds is 13. The third kappa shape index (κ3) is 8.91. The highest BCUT2D eigenvalue weighted by Crippen LogP contribution is 2.32. The lowest BCUT2D eigenvalue weighted by atomic mass is 9.95. The van der Waals surface area contributed by atoms with Crippen LogP contribution in [0.15, 0.2) is 72.9 Å². The van der Waals surface area contributed by atoms with Gasteiger partial charge in [0.05, 0.1) is 17.3 Å². The van der Waals surface area contributed by atoms with E-state index in [0.29, 0.717) is 37.2 Å². The standard InChI is InChI=1S/C44H54N8O3/c1-5-40-38(41(48-36-16-22-55-23-17-36)39-28-47-52(6-2)42(39)49-40)27-46-44(54)34-13-8-12-33(25-34)43(53)45-26-35-14-9-15-37(30(35)3)32-11-7-10-31(24-32)29-51-20-18-50(4)19-21-51/h7-15,24-25,28,36H,5-6,16-23,26-27,29H2,1-4H3,(H,45,53)(H,46,54)(H,48,49). The number of amides is 2. The number of carbonyl (C=O) groups is 2. The summed E-state index contributed by atoms with van der Waals surface area (Å²) in [5.41, 5.74) is 10.4. The number of nitrogens with one attached hydrogen (secondary N) is 3. The lowest BCUT2D eigenvalue weighted by Gasteiger charge is -2.32. The van der Waals surface area contributed by atoms with Crippen molar-refractivity contribution < 1.29 is 14.3 Å². The van der Waals surface area contributed by atoms with E-state index in [-0.39, 0.29) is 17.9 Å². The average Bonchev–Trinajstić information content (AvgIpc) is 3.64. The maximum absolute atomic E-state index is 13.6. The van der Waals surface area contributed by atoms with Gasteiger partial charge in [-0.15, -0.1) is 0 Å². The Hall–Kier alpha value is -5.10. The van der Waals surface area contributed by atoms with Crippen LogP contribution in [0, 0.1) is 6.92 Å². The maximum Gasteiger partial charge on any atom is 0.251 e. The molecule has 0 bridgehead atoms. The number of likely N-dealkylation sites (N-methyl/N-ethyl adjacent to an activating group) is 1. The van der Waals surface area contributed by atoms with E-state index in [2.05, 4.69) is 101 Å². The molecule has 0 saturated carbocycles. The Morgan fingerprint density at radius 3 is 2.31 bits per heavy atom. The quantitative estimate of drug-likeness (QED) is 0.131. The highest BCUT2D eigenvalue weighted by Gasteiger charge is 2.23. The van der Waals surface area contributed by atoms with Gasteiger partial charge >= 0.3 is 0 Å². The van der Waals surface area contributed by atoms with Crippen molar-refractivity contribution >= 4 is 28.5 Å². The van der Waals surface area contributed by atoms with Crippen molar-refractivity contribution in [2.24, 2.45) is 0 Å². The number of nitrogens with zero attached hydrogens (tertiary/aromatic N) is 5. The fourth-order valence-corrected chi connectivity index (χ4v) is 7.74. The molecule has 4 heterocycles. The van der Waals surface area contributed by atoms with E-state index in [0.717, 1.165) is 103 Å². The number of carbonyl (C=O) groups excluding carboxylic acids is 2. The van der Waals surface area contributed by atoms with Crippen molar-refractivity contribution in [1.29, 1.82) is 0 Å². The molecule has 2 aliphatic heterocycles. The molecule has 0 radical (unpaired) electrons. The Bertz CT molecular complexity index is 2130. The molecule has 7 rings (SSSR count). The van der Waals surface area contributed by atoms with E-state index < -0.39 is 0 Å². The molecular formula is C44H54N8O3. The fraction of sp³-hybridized carbons (Fsp3) is 0.409. The highest BCUT2D eigenvalue weighted by atomic mass is 16.5. The SMILES string of the molecule is CCc1nc2c(cnn2CC)c(NC2CCOCC2)c1CNC(=O)c1cccc(C(=O)NCc2cccc(-c3cccc(CN4CCN(C)CC4)c3)c2C)c1. The van der Waals surface area contributed by atoms with Crippen molar-refractivity contribution in [3.05, 3.63) is 112 Å². The van der Waals surface area contributed by atoms with E-state index in [1.165, 1.54) is 11.1 Å². The van der Waals surface area contributed by atoms with Gasteiger partial charge in [-0.2, -0.15) is 5.10 Å². The number of ether oxygens (including phenoxy) is 1. The second-order valence-corrected chi connectivity index (χ2v) is 14.8. The smallest absolute Gasteiger partial charge is 0.251 e. The van der Waals surface area contributed by atoms with Gasteiger partial charge in [-0.25, -0.2) is 9.67 Å². The molecule has 288 valence electrons. The summed E-state index contributed by atoms with van der Waals surface area (Å²) in [7, 11) is 2.18. The van der Waals surface area contributed by atoms with Gasteiger partial charge in [-0.3, -0.25) is 14.5 Å². The predicted molar refractivity (Wildman–Crippen MR) is 218 cm³/mol. The number of pyridine rings is 1. The molecule has 3 aromatic carbocycles. The van der Waals surface area contributed by atoms with Crippen LogP contribution < -0.4 is 16.0 Å². The summed E-state index contributed by atoms with van der Waals surface area (Å²) in [6.45, 7) is 14.4. The number of hydrogen-bond acceptors (Lipinski definition) is 8. The van der Waals surface area contributed by atoms with Crippen molar-refractivity contribution in [2.75, 3.05) is 51.8 Å². The molecule has 0 atom stereocenters. The molecule has 0 unspecified atom stereocenters. The minimum Gasteiger partial charge on any atom is -0.381 e. The molecule has 55 heavy (non-hydrogen) atoms. The average molecular weight is 743 g/mol. The van der Waals surface area contributed by atoms with Crippen LogP contribution >= 0.6 is 0 Å². The Morgan fingerprint density at radius 2 is 1.58 bits per heavy atom. The van der Waals surface area contributed by atoms with E-state index in [1.807, 2.05) is 10.9 Å². The molecule has 2 aromatic heterocycles. The minimum atomic E-state index is -0.253. The van der Waals surface area contributed by atoms with E-state index in [1.54, 1.807) is 24.3 Å². The van der Waals surface area contributed by atoms with E-state index >= 15 is 0 Å². The number of piperazine rings is 1. The Balaban J connectivity index is 1.02. The highest BCUT2D eigenvalue weighted by molar-refractivity contribution is 6.00. The molecule has 2 saturated heterocycles. The molecule has 5 aromatic rings. The zero-order valence-corrected chi connectivity index (χ0v) is 32.7. The summed E-state index contributed by atoms with van der Waals surface area (Å²) >= 11 is 0. The Labute approximate surface area is 324 Å². The van der Waals surface area contributed by atoms with Gasteiger partial charge in [0.25, 0.3) is 11.8 Å². The molecule has 11 heteroatoms. The Morgan fingerprint density at radius 1 is 0.873 bits per heavy atom. The van der Waals surface area contributed by atoms with Crippen LogP contribution in [0.25, 0.3) is 22.2 Å². The van der Waals surface area contributed by atoms with Gasteiger partial charge in [0.2, 0.25) is 0 Å². The zero-order chi connectivity index (χ0) is 38.3. The van der Waals surface area contributed by atoms with Crippen LogP contribution in [0.4, 0.5) is 5.69 Å². The largest absolute Gasteiger partial charge is 0.381 e. The number of benzene rings is 3. The molecule has 11 nitrogen and oxygen atoms in total. The van der Waals surface area contributed by atoms with Crippen LogP contribution in [0.3, 0.4) is 0 Å². The van der Waals surface area contributed by atoms with Crippen molar-refractivity contribution in [1.82, 2.24) is 35.2 Å². The summed E-state index contributed by atoms with van der Waals surface area (Å²) < 4.78 is 7.52. The van der Waals surface area contributed by atoms with Crippen LogP contribution in [0.1, 0.15) is 75.4 Å². The maximum atomic E-state index is 13.6. The summed E-state index contributed by atoms with van der Waals surface area (Å²) in [5, 5.41) is 15.5. The van der Waals surface area contributed by atoms with Crippen molar-refractivity contribution in [3.8, 4) is 11.1 Å². The normalized spacial score (nSPS) is 15.6. The fourth-order valence-electron chi connectivity index (χ4n) is 7.74. The molecule has 2 amide bonds. The third-order valence-corrected chi connectivity index (χ3v) is 11.1. The first-order valence-electron chi connectivity index (χ1n) is 19.8. The van der Waals surface area contributed by atoms with E-state index in [9.17, 15) is 9.59 Å². The second-order valence-electron chi connectivity index (χ2n) is 14.8. The lowest BCUT2D eigenvalue weighted by molar-refractivity contribution is 0.0904. The predicted octanol–water partition coefficient (Wildman–Crippen LogP) is 6.19.